The molecule has 2 heterocycles. The van der Waals surface area contributed by atoms with Crippen LogP contribution in [0.5, 0.6) is 0 Å². The largest absolute Gasteiger partial charge is 0.142 e. The fourth-order valence-electron chi connectivity index (χ4n) is 2.73. The third kappa shape index (κ3) is 3.65. The van der Waals surface area contributed by atoms with Gasteiger partial charge in [-0.1, -0.05) is 82.3 Å². The molecule has 0 nitrogen and oxygen atoms in total. The Bertz CT molecular complexity index is 914. The van der Waals surface area contributed by atoms with E-state index in [9.17, 15) is 0 Å². The molecule has 130 valence electrons. The van der Waals surface area contributed by atoms with Gasteiger partial charge in [-0.05, 0) is 46.9 Å². The van der Waals surface area contributed by atoms with Gasteiger partial charge in [-0.15, -0.1) is 22.7 Å². The van der Waals surface area contributed by atoms with Crippen molar-refractivity contribution in [1.82, 2.24) is 0 Å². The first-order valence-corrected chi connectivity index (χ1v) is 12.3. The van der Waals surface area contributed by atoms with Crippen LogP contribution in [-0.2, 0) is 0 Å². The zero-order valence-electron chi connectivity index (χ0n) is 14.6. The number of rotatable bonds is 5. The van der Waals surface area contributed by atoms with Crippen molar-refractivity contribution in [3.05, 3.63) is 82.6 Å². The van der Waals surface area contributed by atoms with E-state index in [4.69, 9.17) is 0 Å². The first-order chi connectivity index (χ1) is 12.7. The van der Waals surface area contributed by atoms with Crippen LogP contribution in [0, 0.1) is 13.8 Å². The van der Waals surface area contributed by atoms with E-state index >= 15 is 0 Å². The van der Waals surface area contributed by atoms with E-state index in [1.54, 1.807) is 0 Å². The summed E-state index contributed by atoms with van der Waals surface area (Å²) in [5, 5.41) is 4.54. The Labute approximate surface area is 170 Å². The third-order valence-electron chi connectivity index (χ3n) is 4.12. The Kier molecular flexibility index (Phi) is 5.55. The van der Waals surface area contributed by atoms with Crippen molar-refractivity contribution in [1.29, 1.82) is 0 Å². The lowest BCUT2D eigenvalue weighted by Crippen LogP contribution is -1.79. The molecule has 0 aliphatic heterocycles. The van der Waals surface area contributed by atoms with Gasteiger partial charge in [0.25, 0.3) is 0 Å². The minimum absolute atomic E-state index is 1.30. The standard InChI is InChI=1S/C22H18S4/c1-15-13-23-21(17-9-5-3-6-10-17)19(15)25-26-20-16(2)14-24-22(20)18-11-7-4-8-12-18/h3-14H,1-2H3. The van der Waals surface area contributed by atoms with Gasteiger partial charge in [0, 0.05) is 19.5 Å². The maximum absolute atomic E-state index is 2.27. The average molecular weight is 411 g/mol. The number of hydrogen-bond donors (Lipinski definition) is 0. The molecule has 0 unspecified atom stereocenters. The van der Waals surface area contributed by atoms with Crippen LogP contribution in [-0.4, -0.2) is 0 Å². The van der Waals surface area contributed by atoms with Crippen molar-refractivity contribution in [2.75, 3.05) is 0 Å². The van der Waals surface area contributed by atoms with Crippen molar-refractivity contribution in [3.8, 4) is 20.9 Å². The first kappa shape index (κ1) is 17.9. The van der Waals surface area contributed by atoms with Crippen molar-refractivity contribution in [3.63, 3.8) is 0 Å². The second kappa shape index (κ2) is 8.05. The molecule has 0 aliphatic rings. The van der Waals surface area contributed by atoms with Crippen molar-refractivity contribution >= 4 is 44.3 Å². The second-order valence-electron chi connectivity index (χ2n) is 6.05. The van der Waals surface area contributed by atoms with Crippen LogP contribution in [0.25, 0.3) is 20.9 Å². The van der Waals surface area contributed by atoms with E-state index < -0.39 is 0 Å². The molecule has 0 amide bonds. The molecule has 2 aromatic carbocycles. The fraction of sp³-hybridized carbons (Fsp3) is 0.0909. The minimum Gasteiger partial charge on any atom is -0.142 e. The summed E-state index contributed by atoms with van der Waals surface area (Å²) in [6, 6.07) is 21.4. The molecule has 0 N–H and O–H groups in total. The molecule has 4 rings (SSSR count). The van der Waals surface area contributed by atoms with E-state index in [0.29, 0.717) is 0 Å². The van der Waals surface area contributed by atoms with Gasteiger partial charge in [0.05, 0.1) is 0 Å². The van der Waals surface area contributed by atoms with Gasteiger partial charge in [-0.3, -0.25) is 0 Å². The molecule has 0 fully saturated rings. The Morgan fingerprint density at radius 1 is 0.577 bits per heavy atom. The van der Waals surface area contributed by atoms with E-state index in [1.807, 2.05) is 44.3 Å². The summed E-state index contributed by atoms with van der Waals surface area (Å²) in [5.74, 6) is 0. The zero-order chi connectivity index (χ0) is 17.9. The number of hydrogen-bond acceptors (Lipinski definition) is 4. The second-order valence-corrected chi connectivity index (χ2v) is 9.96. The van der Waals surface area contributed by atoms with Gasteiger partial charge in [-0.25, -0.2) is 0 Å². The van der Waals surface area contributed by atoms with Crippen LogP contribution in [0.2, 0.25) is 0 Å². The number of benzene rings is 2. The predicted molar refractivity (Wildman–Crippen MR) is 121 cm³/mol. The lowest BCUT2D eigenvalue weighted by molar-refractivity contribution is 1.38. The molecule has 0 saturated heterocycles. The highest BCUT2D eigenvalue weighted by molar-refractivity contribution is 8.76. The van der Waals surface area contributed by atoms with Gasteiger partial charge < -0.3 is 0 Å². The Balaban J connectivity index is 1.64. The molecule has 26 heavy (non-hydrogen) atoms. The van der Waals surface area contributed by atoms with E-state index in [0.717, 1.165) is 0 Å². The summed E-state index contributed by atoms with van der Waals surface area (Å²) in [6.45, 7) is 4.43. The lowest BCUT2D eigenvalue weighted by atomic mass is 10.2. The SMILES string of the molecule is Cc1csc(-c2ccccc2)c1SSc1c(C)csc1-c1ccccc1. The predicted octanol–water partition coefficient (Wildman–Crippen LogP) is 8.56. The molecular weight excluding hydrogens is 393 g/mol. The maximum atomic E-state index is 2.27. The Hall–Kier alpha value is -1.46. The maximum Gasteiger partial charge on any atom is 0.0490 e. The van der Waals surface area contributed by atoms with Gasteiger partial charge in [0.2, 0.25) is 0 Å². The fourth-order valence-corrected chi connectivity index (χ4v) is 8.37. The summed E-state index contributed by atoms with van der Waals surface area (Å²) in [4.78, 5) is 5.51. The molecule has 2 aromatic heterocycles. The van der Waals surface area contributed by atoms with Gasteiger partial charge in [0.15, 0.2) is 0 Å². The normalized spacial score (nSPS) is 11.0. The number of thiophene rings is 2. The summed E-state index contributed by atoms with van der Waals surface area (Å²) in [6.07, 6.45) is 0. The molecule has 0 bridgehead atoms. The molecule has 0 spiro atoms. The first-order valence-electron chi connectivity index (χ1n) is 8.35. The third-order valence-corrected chi connectivity index (χ3v) is 9.39. The van der Waals surface area contributed by atoms with E-state index in [-0.39, 0.29) is 0 Å². The van der Waals surface area contributed by atoms with Crippen LogP contribution in [0.4, 0.5) is 0 Å². The van der Waals surface area contributed by atoms with Gasteiger partial charge in [0.1, 0.15) is 0 Å². The van der Waals surface area contributed by atoms with Crippen LogP contribution >= 0.6 is 44.3 Å². The lowest BCUT2D eigenvalue weighted by Gasteiger charge is -2.08. The van der Waals surface area contributed by atoms with Crippen molar-refractivity contribution in [2.24, 2.45) is 0 Å². The minimum atomic E-state index is 1.30. The quantitative estimate of drug-likeness (QED) is 0.302. The highest BCUT2D eigenvalue weighted by Gasteiger charge is 2.16. The summed E-state index contributed by atoms with van der Waals surface area (Å²) in [7, 11) is 3.78. The summed E-state index contributed by atoms with van der Waals surface area (Å²) in [5.41, 5.74) is 5.33. The summed E-state index contributed by atoms with van der Waals surface area (Å²) >= 11 is 3.68. The van der Waals surface area contributed by atoms with Crippen LogP contribution in [0.3, 0.4) is 0 Å². The van der Waals surface area contributed by atoms with E-state index in [2.05, 4.69) is 85.3 Å². The average Bonchev–Trinajstić information content (AvgIpc) is 3.24. The van der Waals surface area contributed by atoms with Crippen LogP contribution < -0.4 is 0 Å². The topological polar surface area (TPSA) is 0 Å². The zero-order valence-corrected chi connectivity index (χ0v) is 17.8. The molecule has 4 heteroatoms. The smallest absolute Gasteiger partial charge is 0.0490 e. The molecule has 0 radical (unpaired) electrons. The van der Waals surface area contributed by atoms with Crippen molar-refractivity contribution < 1.29 is 0 Å². The van der Waals surface area contributed by atoms with Crippen LogP contribution in [0.1, 0.15) is 11.1 Å². The molecular formula is C22H18S4. The van der Waals surface area contributed by atoms with E-state index in [1.165, 1.54) is 41.8 Å². The molecule has 0 atom stereocenters. The molecule has 0 saturated carbocycles. The highest BCUT2D eigenvalue weighted by atomic mass is 33.1. The van der Waals surface area contributed by atoms with Crippen LogP contribution in [0.15, 0.2) is 81.2 Å². The Morgan fingerprint density at radius 2 is 0.962 bits per heavy atom. The van der Waals surface area contributed by atoms with Gasteiger partial charge >= 0.3 is 0 Å². The Morgan fingerprint density at radius 3 is 1.35 bits per heavy atom. The summed E-state index contributed by atoms with van der Waals surface area (Å²) < 4.78 is 0. The van der Waals surface area contributed by atoms with Crippen molar-refractivity contribution in [2.45, 2.75) is 23.6 Å². The molecule has 0 aliphatic carbocycles. The highest BCUT2D eigenvalue weighted by Crippen LogP contribution is 2.50. The molecule has 4 aromatic rings. The van der Waals surface area contributed by atoms with Gasteiger partial charge in [-0.2, -0.15) is 0 Å². The monoisotopic (exact) mass is 410 g/mol. The number of aryl methyl sites for hydroxylation is 2.